The van der Waals surface area contributed by atoms with Crippen LogP contribution in [-0.2, 0) is 37.2 Å². The van der Waals surface area contributed by atoms with Gasteiger partial charge in [-0.25, -0.2) is 13.2 Å². The zero-order valence-electron chi connectivity index (χ0n) is 25.0. The number of carbonyl (C=O) groups excluding carboxylic acids is 2. The maximum absolute atomic E-state index is 13.9. The molecule has 3 heterocycles. The number of ether oxygens (including phenoxy) is 3. The average Bonchev–Trinajstić information content (AvgIpc) is 3.44. The highest BCUT2D eigenvalue weighted by Crippen LogP contribution is 2.46. The molecule has 10 nitrogen and oxygen atoms in total. The van der Waals surface area contributed by atoms with E-state index in [2.05, 4.69) is 5.32 Å². The van der Waals surface area contributed by atoms with E-state index in [1.807, 2.05) is 44.2 Å². The molecule has 0 radical (unpaired) electrons. The van der Waals surface area contributed by atoms with E-state index < -0.39 is 16.1 Å². The third-order valence-electron chi connectivity index (χ3n) is 9.03. The molecule has 0 aromatic heterocycles. The van der Waals surface area contributed by atoms with Gasteiger partial charge in [0.05, 0.1) is 17.6 Å². The SMILES string of the molecule is CC(C)CN(CC[C@H](Cc1ccccc1)NC(=O)OC1C2COC3OC1CC3C2)S(=O)(=O)c1ccc2c(c1)C(=O)N(C)C2. The first kappa shape index (κ1) is 30.1. The maximum Gasteiger partial charge on any atom is 0.407 e. The first-order valence-electron chi connectivity index (χ1n) is 15.2. The number of rotatable bonds is 11. The van der Waals surface area contributed by atoms with Gasteiger partial charge in [-0.15, -0.1) is 0 Å². The van der Waals surface area contributed by atoms with E-state index in [1.165, 1.54) is 10.4 Å². The first-order chi connectivity index (χ1) is 20.6. The Balaban J connectivity index is 1.17. The van der Waals surface area contributed by atoms with E-state index in [0.717, 1.165) is 24.0 Å². The fourth-order valence-electron chi connectivity index (χ4n) is 6.92. The molecule has 232 valence electrons. The predicted octanol–water partition coefficient (Wildman–Crippen LogP) is 3.80. The zero-order valence-corrected chi connectivity index (χ0v) is 25.8. The first-order valence-corrected chi connectivity index (χ1v) is 16.7. The van der Waals surface area contributed by atoms with Crippen molar-refractivity contribution in [3.8, 4) is 0 Å². The lowest BCUT2D eigenvalue weighted by molar-refractivity contribution is -0.153. The van der Waals surface area contributed by atoms with Gasteiger partial charge in [-0.1, -0.05) is 50.2 Å². The number of fused-ring (bicyclic) bond motifs is 3. The van der Waals surface area contributed by atoms with Crippen molar-refractivity contribution >= 4 is 22.0 Å². The van der Waals surface area contributed by atoms with E-state index >= 15 is 0 Å². The molecule has 3 aliphatic heterocycles. The third kappa shape index (κ3) is 6.31. The molecule has 1 N–H and O–H groups in total. The Bertz CT molecular complexity index is 1440. The Morgan fingerprint density at radius 1 is 1.14 bits per heavy atom. The Labute approximate surface area is 253 Å². The Morgan fingerprint density at radius 2 is 1.93 bits per heavy atom. The molecule has 6 atom stereocenters. The van der Waals surface area contributed by atoms with Crippen molar-refractivity contribution in [3.05, 3.63) is 65.2 Å². The number of hydrogen-bond donors (Lipinski definition) is 1. The van der Waals surface area contributed by atoms with Gasteiger partial charge >= 0.3 is 6.09 Å². The minimum absolute atomic E-state index is 0.0708. The molecule has 11 heteroatoms. The lowest BCUT2D eigenvalue weighted by Gasteiger charge is -2.36. The molecule has 2 aromatic carbocycles. The number of hydrogen-bond acceptors (Lipinski definition) is 7. The van der Waals surface area contributed by atoms with Gasteiger partial charge in [0.2, 0.25) is 10.0 Å². The third-order valence-corrected chi connectivity index (χ3v) is 10.9. The number of nitrogens with zero attached hydrogens (tertiary/aromatic N) is 2. The summed E-state index contributed by atoms with van der Waals surface area (Å²) in [5, 5.41) is 3.04. The van der Waals surface area contributed by atoms with Gasteiger partial charge in [0, 0.05) is 50.1 Å². The van der Waals surface area contributed by atoms with Crippen LogP contribution < -0.4 is 5.32 Å². The highest BCUT2D eigenvalue weighted by atomic mass is 32.2. The fourth-order valence-corrected chi connectivity index (χ4v) is 8.57. The van der Waals surface area contributed by atoms with Gasteiger partial charge in [0.15, 0.2) is 6.29 Å². The van der Waals surface area contributed by atoms with Gasteiger partial charge in [0.25, 0.3) is 5.91 Å². The van der Waals surface area contributed by atoms with Crippen molar-refractivity contribution in [2.75, 3.05) is 26.7 Å². The van der Waals surface area contributed by atoms with Crippen LogP contribution in [0.15, 0.2) is 53.4 Å². The van der Waals surface area contributed by atoms with Crippen LogP contribution in [0.4, 0.5) is 4.79 Å². The molecule has 1 saturated carbocycles. The molecule has 5 unspecified atom stereocenters. The fraction of sp³-hybridized carbons (Fsp3) is 0.562. The van der Waals surface area contributed by atoms with Gasteiger partial charge in [-0.05, 0) is 54.9 Å². The van der Waals surface area contributed by atoms with Crippen LogP contribution in [0.2, 0.25) is 0 Å². The Kier molecular flexibility index (Phi) is 8.52. The predicted molar refractivity (Wildman–Crippen MR) is 159 cm³/mol. The van der Waals surface area contributed by atoms with Gasteiger partial charge in [0.1, 0.15) is 6.10 Å². The van der Waals surface area contributed by atoms with E-state index in [1.54, 1.807) is 24.1 Å². The Morgan fingerprint density at radius 3 is 2.70 bits per heavy atom. The molecule has 3 bridgehead atoms. The van der Waals surface area contributed by atoms with Gasteiger partial charge in [-0.3, -0.25) is 4.79 Å². The molecule has 2 saturated heterocycles. The molecule has 43 heavy (non-hydrogen) atoms. The Hall–Kier alpha value is -2.99. The average molecular weight is 612 g/mol. The summed E-state index contributed by atoms with van der Waals surface area (Å²) in [6, 6.07) is 14.2. The summed E-state index contributed by atoms with van der Waals surface area (Å²) in [4.78, 5) is 27.5. The molecule has 6 rings (SSSR count). The summed E-state index contributed by atoms with van der Waals surface area (Å²) in [6.07, 6.45) is 1.43. The van der Waals surface area contributed by atoms with Crippen LogP contribution in [0, 0.1) is 17.8 Å². The van der Waals surface area contributed by atoms with Crippen LogP contribution in [0.1, 0.15) is 54.6 Å². The highest BCUT2D eigenvalue weighted by molar-refractivity contribution is 7.89. The molecule has 0 spiro atoms. The summed E-state index contributed by atoms with van der Waals surface area (Å²) in [5.41, 5.74) is 2.28. The van der Waals surface area contributed by atoms with E-state index in [9.17, 15) is 18.0 Å². The zero-order chi connectivity index (χ0) is 30.3. The topological polar surface area (TPSA) is 114 Å². The number of sulfonamides is 1. The second-order valence-electron chi connectivity index (χ2n) is 12.8. The van der Waals surface area contributed by atoms with E-state index in [4.69, 9.17) is 14.2 Å². The van der Waals surface area contributed by atoms with Crippen molar-refractivity contribution in [1.29, 1.82) is 0 Å². The van der Waals surface area contributed by atoms with Crippen LogP contribution in [0.3, 0.4) is 0 Å². The second kappa shape index (κ2) is 12.2. The van der Waals surface area contributed by atoms with E-state index in [0.29, 0.717) is 44.0 Å². The molecule has 2 amide bonds. The van der Waals surface area contributed by atoms with Crippen LogP contribution in [0.5, 0.6) is 0 Å². The van der Waals surface area contributed by atoms with Crippen molar-refractivity contribution in [2.45, 2.75) is 75.5 Å². The standard InChI is InChI=1S/C32H41N3O7S/c1-20(2)17-35(43(38,39)26-10-9-22-18-34(3)30(36)27(22)16-26)12-11-25(13-21-7-5-4-6-8-21)33-32(37)42-29-24-14-23-15-28(29)41-31(23)40-19-24/h4-10,16,20,23-25,28-29,31H,11-15,17-19H2,1-3H3,(H,33,37)/t23?,24?,25-,28?,29?,31?/m1/s1. The summed E-state index contributed by atoms with van der Waals surface area (Å²) < 4.78 is 47.1. The minimum atomic E-state index is -3.90. The van der Waals surface area contributed by atoms with Crippen LogP contribution in [0.25, 0.3) is 0 Å². The van der Waals surface area contributed by atoms with E-state index in [-0.39, 0.29) is 53.7 Å². The second-order valence-corrected chi connectivity index (χ2v) is 14.7. The lowest BCUT2D eigenvalue weighted by Crippen LogP contribution is -2.48. The number of benzene rings is 2. The van der Waals surface area contributed by atoms with Gasteiger partial charge in [-0.2, -0.15) is 4.31 Å². The molecule has 1 aliphatic carbocycles. The van der Waals surface area contributed by atoms with Crippen LogP contribution in [-0.4, -0.2) is 80.9 Å². The summed E-state index contributed by atoms with van der Waals surface area (Å²) in [5.74, 6) is 0.383. The molecule has 4 aliphatic rings. The lowest BCUT2D eigenvalue weighted by atomic mass is 9.78. The number of alkyl carbamates (subject to hydrolysis) is 1. The van der Waals surface area contributed by atoms with Crippen molar-refractivity contribution < 1.29 is 32.2 Å². The van der Waals surface area contributed by atoms with Crippen LogP contribution >= 0.6 is 0 Å². The summed E-state index contributed by atoms with van der Waals surface area (Å²) in [7, 11) is -2.20. The molecular formula is C32H41N3O7S. The molecule has 3 fully saturated rings. The molecule has 2 aromatic rings. The summed E-state index contributed by atoms with van der Waals surface area (Å²) in [6.45, 7) is 5.43. The minimum Gasteiger partial charge on any atom is -0.443 e. The van der Waals surface area contributed by atoms with Crippen molar-refractivity contribution in [2.24, 2.45) is 17.8 Å². The highest BCUT2D eigenvalue weighted by Gasteiger charge is 2.53. The largest absolute Gasteiger partial charge is 0.443 e. The van der Waals surface area contributed by atoms with Crippen molar-refractivity contribution in [3.63, 3.8) is 0 Å². The maximum atomic E-state index is 13.9. The number of carbonyl (C=O) groups is 2. The molecular weight excluding hydrogens is 570 g/mol. The monoisotopic (exact) mass is 611 g/mol. The van der Waals surface area contributed by atoms with Crippen molar-refractivity contribution in [1.82, 2.24) is 14.5 Å². The normalized spacial score (nSPS) is 26.7. The number of nitrogens with one attached hydrogen (secondary N) is 1. The van der Waals surface area contributed by atoms with Gasteiger partial charge < -0.3 is 24.4 Å². The number of amides is 2. The quantitative estimate of drug-likeness (QED) is 0.411. The smallest absolute Gasteiger partial charge is 0.407 e. The summed E-state index contributed by atoms with van der Waals surface area (Å²) >= 11 is 0.